The third-order valence-corrected chi connectivity index (χ3v) is 3.53. The number of ether oxygens (including phenoxy) is 1. The molecule has 18 heavy (non-hydrogen) atoms. The van der Waals surface area contributed by atoms with Gasteiger partial charge in [0.05, 0.1) is 17.3 Å². The highest BCUT2D eigenvalue weighted by atomic mass is 32.1. The van der Waals surface area contributed by atoms with Crippen molar-refractivity contribution in [2.75, 3.05) is 13.2 Å². The number of nitrogens with two attached hydrogens (primary N) is 1. The third-order valence-electron chi connectivity index (χ3n) is 2.65. The summed E-state index contributed by atoms with van der Waals surface area (Å²) in [4.78, 5) is 5.80. The van der Waals surface area contributed by atoms with E-state index in [2.05, 4.69) is 24.0 Å². The summed E-state index contributed by atoms with van der Waals surface area (Å²) in [6, 6.07) is 8.08. The number of rotatable bonds is 5. The summed E-state index contributed by atoms with van der Waals surface area (Å²) in [5, 5.41) is 1.10. The van der Waals surface area contributed by atoms with E-state index in [1.54, 1.807) is 11.3 Å². The van der Waals surface area contributed by atoms with E-state index < -0.39 is 0 Å². The lowest BCUT2D eigenvalue weighted by Crippen LogP contribution is -2.05. The van der Waals surface area contributed by atoms with Gasteiger partial charge in [-0.15, -0.1) is 11.3 Å². The molecule has 0 fully saturated rings. The van der Waals surface area contributed by atoms with Gasteiger partial charge in [-0.2, -0.15) is 0 Å². The van der Waals surface area contributed by atoms with E-state index in [0.29, 0.717) is 13.2 Å². The predicted molar refractivity (Wildman–Crippen MR) is 76.2 cm³/mol. The summed E-state index contributed by atoms with van der Waals surface area (Å²) in [5.74, 6) is 0.886. The van der Waals surface area contributed by atoms with Crippen molar-refractivity contribution in [2.24, 2.45) is 5.73 Å². The fourth-order valence-corrected chi connectivity index (χ4v) is 2.62. The smallest absolute Gasteiger partial charge is 0.119 e. The number of benzene rings is 1. The molecule has 96 valence electrons. The average molecular weight is 262 g/mol. The van der Waals surface area contributed by atoms with Crippen LogP contribution in [0, 0.1) is 13.8 Å². The zero-order valence-corrected chi connectivity index (χ0v) is 11.6. The molecule has 1 heterocycles. The van der Waals surface area contributed by atoms with Crippen LogP contribution in [0.2, 0.25) is 0 Å². The van der Waals surface area contributed by atoms with Crippen molar-refractivity contribution >= 4 is 11.3 Å². The molecule has 0 aliphatic carbocycles. The zero-order chi connectivity index (χ0) is 13.0. The van der Waals surface area contributed by atoms with Crippen LogP contribution in [0.3, 0.4) is 0 Å². The predicted octanol–water partition coefficient (Wildman–Crippen LogP) is 3.15. The van der Waals surface area contributed by atoms with Gasteiger partial charge in [0.2, 0.25) is 0 Å². The van der Waals surface area contributed by atoms with Crippen molar-refractivity contribution < 1.29 is 4.74 Å². The SMILES string of the molecule is Cc1nc(-c2ccc(OCCCN)cc2)c(C)s1. The molecule has 0 unspecified atom stereocenters. The second-order valence-corrected chi connectivity index (χ2v) is 5.56. The maximum Gasteiger partial charge on any atom is 0.119 e. The topological polar surface area (TPSA) is 48.1 Å². The summed E-state index contributed by atoms with van der Waals surface area (Å²) < 4.78 is 5.57. The largest absolute Gasteiger partial charge is 0.494 e. The van der Waals surface area contributed by atoms with Gasteiger partial charge in [0.15, 0.2) is 0 Å². The highest BCUT2D eigenvalue weighted by Crippen LogP contribution is 2.28. The molecule has 0 amide bonds. The quantitative estimate of drug-likeness (QED) is 0.842. The van der Waals surface area contributed by atoms with Crippen molar-refractivity contribution in [1.29, 1.82) is 0 Å². The van der Waals surface area contributed by atoms with E-state index in [-0.39, 0.29) is 0 Å². The van der Waals surface area contributed by atoms with Gasteiger partial charge in [-0.05, 0) is 51.1 Å². The first-order valence-electron chi connectivity index (χ1n) is 6.08. The highest BCUT2D eigenvalue weighted by Gasteiger charge is 2.07. The van der Waals surface area contributed by atoms with Crippen LogP contribution < -0.4 is 10.5 Å². The third kappa shape index (κ3) is 3.09. The van der Waals surface area contributed by atoms with Gasteiger partial charge in [-0.25, -0.2) is 4.98 Å². The normalized spacial score (nSPS) is 10.6. The summed E-state index contributed by atoms with van der Waals surface area (Å²) in [6.45, 7) is 5.47. The van der Waals surface area contributed by atoms with Crippen LogP contribution in [0.5, 0.6) is 5.75 Å². The van der Waals surface area contributed by atoms with Crippen molar-refractivity contribution in [2.45, 2.75) is 20.3 Å². The summed E-state index contributed by atoms with van der Waals surface area (Å²) in [5.41, 5.74) is 7.64. The Morgan fingerprint density at radius 2 is 1.94 bits per heavy atom. The van der Waals surface area contributed by atoms with E-state index in [0.717, 1.165) is 28.4 Å². The first kappa shape index (κ1) is 13.1. The van der Waals surface area contributed by atoms with Crippen molar-refractivity contribution in [3.63, 3.8) is 0 Å². The van der Waals surface area contributed by atoms with Crippen molar-refractivity contribution in [1.82, 2.24) is 4.98 Å². The Labute approximate surface area is 112 Å². The molecule has 2 rings (SSSR count). The lowest BCUT2D eigenvalue weighted by molar-refractivity contribution is 0.313. The molecule has 0 aliphatic rings. The van der Waals surface area contributed by atoms with Gasteiger partial charge in [0.25, 0.3) is 0 Å². The second kappa shape index (κ2) is 5.98. The number of thiazole rings is 1. The average Bonchev–Trinajstić information content (AvgIpc) is 2.70. The molecule has 0 saturated carbocycles. The van der Waals surface area contributed by atoms with Crippen LogP contribution in [0.25, 0.3) is 11.3 Å². The highest BCUT2D eigenvalue weighted by molar-refractivity contribution is 7.11. The molecule has 1 aromatic heterocycles. The van der Waals surface area contributed by atoms with Gasteiger partial charge in [-0.3, -0.25) is 0 Å². The Bertz CT molecular complexity index is 505. The molecule has 2 N–H and O–H groups in total. The zero-order valence-electron chi connectivity index (χ0n) is 10.8. The Morgan fingerprint density at radius 3 is 2.50 bits per heavy atom. The number of hydrogen-bond acceptors (Lipinski definition) is 4. The summed E-state index contributed by atoms with van der Waals surface area (Å²) >= 11 is 1.73. The van der Waals surface area contributed by atoms with Crippen LogP contribution in [0.4, 0.5) is 0 Å². The number of aromatic nitrogens is 1. The van der Waals surface area contributed by atoms with E-state index in [9.17, 15) is 0 Å². The Hall–Kier alpha value is -1.39. The van der Waals surface area contributed by atoms with Gasteiger partial charge in [-0.1, -0.05) is 0 Å². The minimum Gasteiger partial charge on any atom is -0.494 e. The molecular formula is C14H18N2OS. The maximum absolute atomic E-state index is 5.57. The molecule has 2 aromatic rings. The van der Waals surface area contributed by atoms with Crippen LogP contribution in [0.15, 0.2) is 24.3 Å². The van der Waals surface area contributed by atoms with Crippen LogP contribution in [0.1, 0.15) is 16.3 Å². The fraction of sp³-hybridized carbons (Fsp3) is 0.357. The van der Waals surface area contributed by atoms with Gasteiger partial charge < -0.3 is 10.5 Å². The molecule has 0 radical (unpaired) electrons. The molecule has 1 aromatic carbocycles. The van der Waals surface area contributed by atoms with E-state index >= 15 is 0 Å². The maximum atomic E-state index is 5.57. The molecule has 0 aliphatic heterocycles. The lowest BCUT2D eigenvalue weighted by Gasteiger charge is -2.06. The molecule has 4 heteroatoms. The van der Waals surface area contributed by atoms with Gasteiger partial charge in [0, 0.05) is 10.4 Å². The monoisotopic (exact) mass is 262 g/mol. The molecule has 0 spiro atoms. The van der Waals surface area contributed by atoms with E-state index in [1.165, 1.54) is 4.88 Å². The minimum atomic E-state index is 0.662. The fourth-order valence-electron chi connectivity index (χ4n) is 1.78. The van der Waals surface area contributed by atoms with Crippen LogP contribution in [-0.2, 0) is 0 Å². The number of nitrogens with zero attached hydrogens (tertiary/aromatic N) is 1. The van der Waals surface area contributed by atoms with Crippen LogP contribution >= 0.6 is 11.3 Å². The summed E-state index contributed by atoms with van der Waals surface area (Å²) in [7, 11) is 0. The first-order valence-corrected chi connectivity index (χ1v) is 6.89. The number of aryl methyl sites for hydroxylation is 2. The molecule has 3 nitrogen and oxygen atoms in total. The van der Waals surface area contributed by atoms with Crippen molar-refractivity contribution in [3.05, 3.63) is 34.2 Å². The van der Waals surface area contributed by atoms with E-state index in [4.69, 9.17) is 10.5 Å². The first-order chi connectivity index (χ1) is 8.70. The van der Waals surface area contributed by atoms with Crippen molar-refractivity contribution in [3.8, 4) is 17.0 Å². The second-order valence-electron chi connectivity index (χ2n) is 4.15. The standard InChI is InChI=1S/C14H18N2OS/c1-10-14(16-11(2)18-10)12-4-6-13(7-5-12)17-9-3-8-15/h4-7H,3,8-9,15H2,1-2H3. The van der Waals surface area contributed by atoms with Gasteiger partial charge >= 0.3 is 0 Å². The van der Waals surface area contributed by atoms with E-state index in [1.807, 2.05) is 19.1 Å². The Balaban J connectivity index is 2.10. The summed E-state index contributed by atoms with van der Waals surface area (Å²) in [6.07, 6.45) is 0.881. The molecule has 0 saturated heterocycles. The van der Waals surface area contributed by atoms with Gasteiger partial charge in [0.1, 0.15) is 5.75 Å². The van der Waals surface area contributed by atoms with Crippen LogP contribution in [-0.4, -0.2) is 18.1 Å². The molecule has 0 bridgehead atoms. The minimum absolute atomic E-state index is 0.662. The lowest BCUT2D eigenvalue weighted by atomic mass is 10.1. The number of hydrogen-bond donors (Lipinski definition) is 1. The molecular weight excluding hydrogens is 244 g/mol. The molecule has 0 atom stereocenters. The Morgan fingerprint density at radius 1 is 1.22 bits per heavy atom. The Kier molecular flexibility index (Phi) is 4.33.